The molecule has 0 bridgehead atoms. The summed E-state index contributed by atoms with van der Waals surface area (Å²) in [6, 6.07) is 16.9. The molecule has 2 aliphatic rings. The van der Waals surface area contributed by atoms with Crippen molar-refractivity contribution in [2.24, 2.45) is 0 Å². The summed E-state index contributed by atoms with van der Waals surface area (Å²) in [6.45, 7) is 4.50. The van der Waals surface area contributed by atoms with E-state index in [1.165, 1.54) is 38.5 Å². The fraction of sp³-hybridized carbons (Fsp3) is 0.273. The Bertz CT molecular complexity index is 1910. The summed E-state index contributed by atoms with van der Waals surface area (Å²) in [5.74, 6) is 13.8. The average molecular weight is 661 g/mol. The number of hydrogen-bond donors (Lipinski definition) is 0. The number of thiazole rings is 2. The van der Waals surface area contributed by atoms with Gasteiger partial charge in [0.25, 0.3) is 0 Å². The van der Waals surface area contributed by atoms with E-state index in [0.717, 1.165) is 90.2 Å². The van der Waals surface area contributed by atoms with Crippen molar-refractivity contribution in [2.75, 3.05) is 0 Å². The Balaban J connectivity index is 1.27. The molecule has 0 unspecified atom stereocenters. The molecule has 0 saturated carbocycles. The van der Waals surface area contributed by atoms with Crippen LogP contribution in [0.3, 0.4) is 0 Å². The molecule has 0 aliphatic heterocycles. The Kier molecular flexibility index (Phi) is 11.7. The molecular weight excluding hydrogens is 621 g/mol. The molecule has 2 aromatic carbocycles. The van der Waals surface area contributed by atoms with Gasteiger partial charge in [0, 0.05) is 22.3 Å². The Hall–Kier alpha value is -4.66. The van der Waals surface area contributed by atoms with Crippen molar-refractivity contribution < 1.29 is 0 Å². The lowest BCUT2D eigenvalue weighted by atomic mass is 10.1. The van der Waals surface area contributed by atoms with Gasteiger partial charge in [0.15, 0.2) is 10.0 Å². The summed E-state index contributed by atoms with van der Waals surface area (Å²) in [6.07, 6.45) is 23.6. The van der Waals surface area contributed by atoms with E-state index in [1.54, 1.807) is 22.7 Å². The molecular formula is C44H40N2S2. The summed E-state index contributed by atoms with van der Waals surface area (Å²) in [4.78, 5) is 12.4. The number of unbranched alkanes of at least 4 members (excludes halogenated alkanes) is 6. The van der Waals surface area contributed by atoms with Gasteiger partial charge >= 0.3 is 0 Å². The molecule has 0 N–H and O–H groups in total. The van der Waals surface area contributed by atoms with Gasteiger partial charge in [-0.2, -0.15) is 0 Å². The van der Waals surface area contributed by atoms with Crippen molar-refractivity contribution in [2.45, 2.75) is 78.1 Å². The van der Waals surface area contributed by atoms with Crippen molar-refractivity contribution in [3.63, 3.8) is 0 Å². The zero-order valence-corrected chi connectivity index (χ0v) is 29.5. The van der Waals surface area contributed by atoms with E-state index < -0.39 is 0 Å². The Labute approximate surface area is 294 Å². The van der Waals surface area contributed by atoms with E-state index in [4.69, 9.17) is 9.97 Å². The highest BCUT2D eigenvalue weighted by molar-refractivity contribution is 7.22. The van der Waals surface area contributed by atoms with Crippen molar-refractivity contribution in [1.82, 2.24) is 9.97 Å². The number of hydrogen-bond acceptors (Lipinski definition) is 4. The molecule has 238 valence electrons. The molecule has 0 fully saturated rings. The predicted octanol–water partition coefficient (Wildman–Crippen LogP) is 11.5. The first-order valence-electron chi connectivity index (χ1n) is 17.2. The lowest BCUT2D eigenvalue weighted by Crippen LogP contribution is -1.91. The molecule has 2 nitrogen and oxygen atoms in total. The largest absolute Gasteiger partial charge is 0.237 e. The third-order valence-corrected chi connectivity index (χ3v) is 10.5. The monoisotopic (exact) mass is 660 g/mol. The van der Waals surface area contributed by atoms with Crippen LogP contribution in [-0.2, 0) is 12.8 Å². The normalized spacial score (nSPS) is 12.5. The molecule has 6 rings (SSSR count). The third kappa shape index (κ3) is 8.82. The minimum Gasteiger partial charge on any atom is -0.237 e. The molecule has 2 aromatic heterocycles. The van der Waals surface area contributed by atoms with E-state index in [2.05, 4.69) is 110 Å². The first kappa shape index (κ1) is 33.2. The van der Waals surface area contributed by atoms with E-state index in [-0.39, 0.29) is 0 Å². The molecule has 0 spiro atoms. The second-order valence-electron chi connectivity index (χ2n) is 12.0. The highest BCUT2D eigenvalue weighted by atomic mass is 32.1. The van der Waals surface area contributed by atoms with Crippen molar-refractivity contribution in [3.05, 3.63) is 140 Å². The Morgan fingerprint density at radius 2 is 0.979 bits per heavy atom. The molecule has 0 radical (unpaired) electrons. The minimum atomic E-state index is 0.937. The zero-order chi connectivity index (χ0) is 33.0. The fourth-order valence-electron chi connectivity index (χ4n) is 5.60. The van der Waals surface area contributed by atoms with Crippen LogP contribution < -0.4 is 0 Å². The van der Waals surface area contributed by atoms with Crippen LogP contribution in [0, 0.1) is 23.7 Å². The van der Waals surface area contributed by atoms with Crippen LogP contribution >= 0.6 is 22.7 Å². The van der Waals surface area contributed by atoms with Gasteiger partial charge < -0.3 is 0 Å². The zero-order valence-electron chi connectivity index (χ0n) is 27.9. The van der Waals surface area contributed by atoms with Gasteiger partial charge in [0.2, 0.25) is 0 Å². The highest BCUT2D eigenvalue weighted by Crippen LogP contribution is 2.34. The van der Waals surface area contributed by atoms with Gasteiger partial charge in [-0.25, -0.2) is 9.97 Å². The molecule has 4 heteroatoms. The summed E-state index contributed by atoms with van der Waals surface area (Å²) in [7, 11) is 0. The van der Waals surface area contributed by atoms with Crippen LogP contribution in [0.25, 0.3) is 21.2 Å². The third-order valence-electron chi connectivity index (χ3n) is 8.34. The molecule has 0 saturated heterocycles. The van der Waals surface area contributed by atoms with Crippen molar-refractivity contribution in [1.29, 1.82) is 0 Å². The second kappa shape index (κ2) is 16.9. The first-order valence-corrected chi connectivity index (χ1v) is 18.8. The summed E-state index contributed by atoms with van der Waals surface area (Å²) in [5, 5.41) is 1.91. The molecule has 48 heavy (non-hydrogen) atoms. The first-order chi connectivity index (χ1) is 23.7. The van der Waals surface area contributed by atoms with Gasteiger partial charge in [0.1, 0.15) is 9.75 Å². The SMILES string of the molecule is CCCCCCc1nc(-c2nc(CCCCCC)c(C#Cc3ccc(C4=C=CC=C4)cc3)s2)sc1C#Cc1ccc(C2=C=CC=C2)cc1. The lowest BCUT2D eigenvalue weighted by Gasteiger charge is -1.99. The van der Waals surface area contributed by atoms with Crippen LogP contribution in [0.2, 0.25) is 0 Å². The summed E-state index contributed by atoms with van der Waals surface area (Å²) >= 11 is 3.35. The topological polar surface area (TPSA) is 25.8 Å². The van der Waals surface area contributed by atoms with E-state index >= 15 is 0 Å². The molecule has 0 atom stereocenters. The van der Waals surface area contributed by atoms with E-state index in [1.807, 2.05) is 24.3 Å². The number of allylic oxidation sites excluding steroid dienone is 6. The summed E-state index contributed by atoms with van der Waals surface area (Å²) < 4.78 is 0. The van der Waals surface area contributed by atoms with Crippen LogP contribution in [0.1, 0.15) is 109 Å². The molecule has 2 aliphatic carbocycles. The Morgan fingerprint density at radius 3 is 1.35 bits per heavy atom. The smallest absolute Gasteiger partial charge is 0.153 e. The predicted molar refractivity (Wildman–Crippen MR) is 205 cm³/mol. The van der Waals surface area contributed by atoms with Gasteiger partial charge in [-0.05, 0) is 97.2 Å². The van der Waals surface area contributed by atoms with Crippen LogP contribution in [0.15, 0.2) is 96.4 Å². The maximum absolute atomic E-state index is 5.16. The second-order valence-corrected chi connectivity index (χ2v) is 14.0. The average Bonchev–Trinajstić information content (AvgIpc) is 3.95. The van der Waals surface area contributed by atoms with Crippen LogP contribution in [-0.4, -0.2) is 9.97 Å². The quantitative estimate of drug-likeness (QED) is 0.0810. The number of benzene rings is 2. The molecule has 2 heterocycles. The van der Waals surface area contributed by atoms with Gasteiger partial charge in [-0.3, -0.25) is 0 Å². The standard InChI is InChI=1S/C44H40N2S2/c1-3-5-7-9-19-39-41(31-25-33-21-27-37(28-22-33)35-15-11-12-16-35)47-43(45-39)44-46-40(20-10-8-6-4-2)42(48-44)32-26-34-23-29-38(30-24-34)36-17-13-14-18-36/h11-15,17,21-24,27-30H,3-10,19-20H2,1-2H3. The lowest BCUT2D eigenvalue weighted by molar-refractivity contribution is 0.661. The fourth-order valence-corrected chi connectivity index (χ4v) is 7.55. The number of rotatable bonds is 13. The number of aryl methyl sites for hydroxylation is 2. The molecule has 0 amide bonds. The maximum atomic E-state index is 5.16. The molecule has 4 aromatic rings. The van der Waals surface area contributed by atoms with Gasteiger partial charge in [-0.15, -0.1) is 34.1 Å². The number of nitrogens with zero attached hydrogens (tertiary/aromatic N) is 2. The van der Waals surface area contributed by atoms with Crippen LogP contribution in [0.5, 0.6) is 0 Å². The highest BCUT2D eigenvalue weighted by Gasteiger charge is 2.17. The van der Waals surface area contributed by atoms with Crippen LogP contribution in [0.4, 0.5) is 0 Å². The van der Waals surface area contributed by atoms with E-state index in [0.29, 0.717) is 0 Å². The maximum Gasteiger partial charge on any atom is 0.153 e. The van der Waals surface area contributed by atoms with Crippen molar-refractivity contribution >= 4 is 33.8 Å². The summed E-state index contributed by atoms with van der Waals surface area (Å²) in [5.41, 5.74) is 15.3. The minimum absolute atomic E-state index is 0.937. The number of aromatic nitrogens is 2. The Morgan fingerprint density at radius 1 is 0.542 bits per heavy atom. The van der Waals surface area contributed by atoms with E-state index in [9.17, 15) is 0 Å². The van der Waals surface area contributed by atoms with Gasteiger partial charge in [0.05, 0.1) is 11.4 Å². The van der Waals surface area contributed by atoms with Crippen molar-refractivity contribution in [3.8, 4) is 33.7 Å². The van der Waals surface area contributed by atoms with Gasteiger partial charge in [-0.1, -0.05) is 101 Å².